The van der Waals surface area contributed by atoms with Gasteiger partial charge >= 0.3 is 0 Å². The molecular weight excluding hydrogens is 352 g/mol. The molecule has 0 amide bonds. The molecule has 1 aromatic heterocycles. The first kappa shape index (κ1) is 19.6. The van der Waals surface area contributed by atoms with Crippen molar-refractivity contribution in [2.45, 2.75) is 39.7 Å². The Kier molecular flexibility index (Phi) is 6.09. The van der Waals surface area contributed by atoms with Crippen LogP contribution >= 0.6 is 0 Å². The zero-order valence-electron chi connectivity index (χ0n) is 16.8. The van der Waals surface area contributed by atoms with Gasteiger partial charge in [-0.3, -0.25) is 0 Å². The summed E-state index contributed by atoms with van der Waals surface area (Å²) in [6.07, 6.45) is 4.78. The monoisotopic (exact) mass is 378 g/mol. The van der Waals surface area contributed by atoms with Crippen molar-refractivity contribution in [1.29, 1.82) is 0 Å². The van der Waals surface area contributed by atoms with Crippen LogP contribution in [-0.4, -0.2) is 27.7 Å². The molecule has 146 valence electrons. The quantitative estimate of drug-likeness (QED) is 0.571. The molecule has 0 spiro atoms. The lowest BCUT2D eigenvalue weighted by Crippen LogP contribution is -2.10. The summed E-state index contributed by atoms with van der Waals surface area (Å²) in [7, 11) is 0. The number of rotatable bonds is 7. The van der Waals surface area contributed by atoms with Crippen LogP contribution in [0, 0.1) is 0 Å². The fourth-order valence-corrected chi connectivity index (χ4v) is 2.64. The van der Waals surface area contributed by atoms with E-state index in [1.807, 2.05) is 25.1 Å². The maximum Gasteiger partial charge on any atom is 0.161 e. The fourth-order valence-electron chi connectivity index (χ4n) is 2.64. The molecule has 0 atom stereocenters. The molecule has 0 saturated carbocycles. The average molecular weight is 378 g/mol. The first-order valence-electron chi connectivity index (χ1n) is 9.34. The van der Waals surface area contributed by atoms with Gasteiger partial charge in [-0.1, -0.05) is 45.0 Å². The van der Waals surface area contributed by atoms with Crippen LogP contribution in [0.5, 0.6) is 11.5 Å². The molecule has 0 bridgehead atoms. The van der Waals surface area contributed by atoms with E-state index >= 15 is 0 Å². The number of ether oxygens (including phenoxy) is 2. The van der Waals surface area contributed by atoms with Gasteiger partial charge in [0.15, 0.2) is 11.5 Å². The van der Waals surface area contributed by atoms with E-state index in [1.54, 1.807) is 6.21 Å². The second kappa shape index (κ2) is 8.69. The highest BCUT2D eigenvalue weighted by Crippen LogP contribution is 2.29. The molecule has 0 fully saturated rings. The summed E-state index contributed by atoms with van der Waals surface area (Å²) in [5.41, 5.74) is 3.47. The topological polar surface area (TPSA) is 61.5 Å². The van der Waals surface area contributed by atoms with Crippen molar-refractivity contribution in [3.63, 3.8) is 0 Å². The predicted molar refractivity (Wildman–Crippen MR) is 110 cm³/mol. The minimum atomic E-state index is 0.145. The lowest BCUT2D eigenvalue weighted by atomic mass is 9.87. The zero-order chi connectivity index (χ0) is 20.0. The lowest BCUT2D eigenvalue weighted by Gasteiger charge is -2.19. The Bertz CT molecular complexity index is 911. The van der Waals surface area contributed by atoms with Crippen LogP contribution in [0.15, 0.2) is 60.2 Å². The summed E-state index contributed by atoms with van der Waals surface area (Å²) in [4.78, 5) is 0. The summed E-state index contributed by atoms with van der Waals surface area (Å²) in [5, 5.41) is 11.7. The average Bonchev–Trinajstić information content (AvgIpc) is 3.19. The minimum Gasteiger partial charge on any atom is -0.490 e. The molecule has 0 unspecified atom stereocenters. The SMILES string of the molecule is CCOc1cc(/C=N\n2cnnc2)ccc1OCc1ccc(C(C)(C)C)cc1. The van der Waals surface area contributed by atoms with Gasteiger partial charge in [-0.2, -0.15) is 5.10 Å². The van der Waals surface area contributed by atoms with Crippen LogP contribution in [0.25, 0.3) is 0 Å². The molecule has 0 saturated heterocycles. The summed E-state index contributed by atoms with van der Waals surface area (Å²) in [5.74, 6) is 1.41. The van der Waals surface area contributed by atoms with E-state index in [9.17, 15) is 0 Å². The number of benzene rings is 2. The van der Waals surface area contributed by atoms with Crippen LogP contribution < -0.4 is 9.47 Å². The molecule has 0 aliphatic carbocycles. The van der Waals surface area contributed by atoms with Gasteiger partial charge in [-0.15, -0.1) is 10.2 Å². The third-order valence-electron chi connectivity index (χ3n) is 4.23. The Morgan fingerprint density at radius 3 is 2.32 bits per heavy atom. The van der Waals surface area contributed by atoms with Gasteiger partial charge in [0.05, 0.1) is 12.8 Å². The predicted octanol–water partition coefficient (Wildman–Crippen LogP) is 4.44. The first-order valence-corrected chi connectivity index (χ1v) is 9.34. The first-order chi connectivity index (χ1) is 13.5. The molecule has 28 heavy (non-hydrogen) atoms. The second-order valence-electron chi connectivity index (χ2n) is 7.46. The van der Waals surface area contributed by atoms with Gasteiger partial charge in [0, 0.05) is 0 Å². The van der Waals surface area contributed by atoms with Gasteiger partial charge in [-0.05, 0) is 47.2 Å². The molecular formula is C22H26N4O2. The smallest absolute Gasteiger partial charge is 0.161 e. The Morgan fingerprint density at radius 2 is 1.68 bits per heavy atom. The number of hydrogen-bond acceptors (Lipinski definition) is 5. The van der Waals surface area contributed by atoms with Gasteiger partial charge in [0.2, 0.25) is 0 Å². The third kappa shape index (κ3) is 5.19. The van der Waals surface area contributed by atoms with Gasteiger partial charge in [0.1, 0.15) is 19.3 Å². The molecule has 0 N–H and O–H groups in total. The minimum absolute atomic E-state index is 0.145. The highest BCUT2D eigenvalue weighted by molar-refractivity contribution is 5.80. The van der Waals surface area contributed by atoms with Crippen molar-refractivity contribution in [3.8, 4) is 11.5 Å². The third-order valence-corrected chi connectivity index (χ3v) is 4.23. The summed E-state index contributed by atoms with van der Waals surface area (Å²) < 4.78 is 13.3. The van der Waals surface area contributed by atoms with Crippen LogP contribution in [0.1, 0.15) is 44.4 Å². The number of hydrogen-bond donors (Lipinski definition) is 0. The van der Waals surface area contributed by atoms with E-state index in [4.69, 9.17) is 9.47 Å². The Morgan fingerprint density at radius 1 is 0.964 bits per heavy atom. The highest BCUT2D eigenvalue weighted by atomic mass is 16.5. The van der Waals surface area contributed by atoms with E-state index in [2.05, 4.69) is 60.3 Å². The molecule has 6 heteroatoms. The largest absolute Gasteiger partial charge is 0.490 e. The second-order valence-corrected chi connectivity index (χ2v) is 7.46. The Hall–Kier alpha value is -3.15. The van der Waals surface area contributed by atoms with E-state index in [0.717, 1.165) is 11.1 Å². The van der Waals surface area contributed by atoms with Crippen molar-refractivity contribution < 1.29 is 9.47 Å². The van der Waals surface area contributed by atoms with Crippen molar-refractivity contribution >= 4 is 6.21 Å². The van der Waals surface area contributed by atoms with Crippen molar-refractivity contribution in [2.24, 2.45) is 5.10 Å². The standard InChI is InChI=1S/C22H26N4O2/c1-5-27-21-12-18(13-25-26-15-23-24-16-26)8-11-20(21)28-14-17-6-9-19(10-7-17)22(2,3)4/h6-13,15-16H,5,14H2,1-4H3/b25-13-. The molecule has 2 aromatic carbocycles. The van der Waals surface area contributed by atoms with Crippen molar-refractivity contribution in [1.82, 2.24) is 14.9 Å². The van der Waals surface area contributed by atoms with E-state index in [-0.39, 0.29) is 5.41 Å². The van der Waals surface area contributed by atoms with Crippen LogP contribution in [-0.2, 0) is 12.0 Å². The fraction of sp³-hybridized carbons (Fsp3) is 0.318. The molecule has 1 heterocycles. The van der Waals surface area contributed by atoms with Crippen LogP contribution in [0.4, 0.5) is 0 Å². The van der Waals surface area contributed by atoms with Gasteiger partial charge < -0.3 is 9.47 Å². The van der Waals surface area contributed by atoms with Gasteiger partial charge in [0.25, 0.3) is 0 Å². The zero-order valence-corrected chi connectivity index (χ0v) is 16.8. The summed E-state index contributed by atoms with van der Waals surface area (Å²) in [6, 6.07) is 14.3. The maximum atomic E-state index is 6.01. The van der Waals surface area contributed by atoms with E-state index < -0.39 is 0 Å². The van der Waals surface area contributed by atoms with E-state index in [1.165, 1.54) is 22.9 Å². The molecule has 0 aliphatic heterocycles. The normalized spacial score (nSPS) is 11.7. The lowest BCUT2D eigenvalue weighted by molar-refractivity contribution is 0.269. The molecule has 0 radical (unpaired) electrons. The highest BCUT2D eigenvalue weighted by Gasteiger charge is 2.13. The summed E-state index contributed by atoms with van der Waals surface area (Å²) in [6.45, 7) is 9.62. The van der Waals surface area contributed by atoms with Crippen molar-refractivity contribution in [2.75, 3.05) is 6.61 Å². The van der Waals surface area contributed by atoms with Crippen molar-refractivity contribution in [3.05, 3.63) is 71.8 Å². The molecule has 0 aliphatic rings. The molecule has 3 aromatic rings. The van der Waals surface area contributed by atoms with E-state index in [0.29, 0.717) is 24.7 Å². The number of aromatic nitrogens is 3. The summed E-state index contributed by atoms with van der Waals surface area (Å²) >= 11 is 0. The Labute approximate surface area is 165 Å². The molecule has 6 nitrogen and oxygen atoms in total. The van der Waals surface area contributed by atoms with Gasteiger partial charge in [-0.25, -0.2) is 4.68 Å². The molecule has 3 rings (SSSR count). The van der Waals surface area contributed by atoms with Crippen LogP contribution in [0.3, 0.4) is 0 Å². The number of nitrogens with zero attached hydrogens (tertiary/aromatic N) is 4. The maximum absolute atomic E-state index is 6.01. The van der Waals surface area contributed by atoms with Crippen LogP contribution in [0.2, 0.25) is 0 Å². The Balaban J connectivity index is 1.70.